The van der Waals surface area contributed by atoms with E-state index in [1.54, 1.807) is 30.0 Å². The number of aryl methyl sites for hydroxylation is 2. The van der Waals surface area contributed by atoms with Gasteiger partial charge in [-0.2, -0.15) is 10.2 Å². The molecule has 0 aliphatic carbocycles. The molecule has 0 unspecified atom stereocenters. The zero-order valence-corrected chi connectivity index (χ0v) is 11.0. The van der Waals surface area contributed by atoms with Crippen molar-refractivity contribution in [2.24, 2.45) is 7.05 Å². The maximum absolute atomic E-state index is 9.60. The number of phenols is 1. The Balaban J connectivity index is 2.34. The van der Waals surface area contributed by atoms with Gasteiger partial charge < -0.3 is 9.67 Å². The van der Waals surface area contributed by atoms with Gasteiger partial charge in [0.05, 0.1) is 6.33 Å². The van der Waals surface area contributed by atoms with Crippen molar-refractivity contribution < 1.29 is 5.11 Å². The summed E-state index contributed by atoms with van der Waals surface area (Å²) in [6, 6.07) is 7.13. The third kappa shape index (κ3) is 1.77. The van der Waals surface area contributed by atoms with Crippen molar-refractivity contribution in [2.45, 2.75) is 6.92 Å². The van der Waals surface area contributed by atoms with Crippen molar-refractivity contribution in [1.82, 2.24) is 19.5 Å². The number of rotatable bonds is 1. The van der Waals surface area contributed by atoms with Gasteiger partial charge in [-0.25, -0.2) is 9.97 Å². The van der Waals surface area contributed by atoms with Crippen molar-refractivity contribution in [3.8, 4) is 23.1 Å². The maximum atomic E-state index is 9.60. The fourth-order valence-electron chi connectivity index (χ4n) is 2.06. The van der Waals surface area contributed by atoms with Crippen molar-refractivity contribution >= 4 is 11.2 Å². The van der Waals surface area contributed by atoms with Crippen LogP contribution < -0.4 is 0 Å². The summed E-state index contributed by atoms with van der Waals surface area (Å²) in [4.78, 5) is 12.7. The van der Waals surface area contributed by atoms with E-state index >= 15 is 0 Å². The molecule has 0 fully saturated rings. The van der Waals surface area contributed by atoms with Crippen LogP contribution in [0.3, 0.4) is 0 Å². The van der Waals surface area contributed by atoms with Gasteiger partial charge >= 0.3 is 0 Å². The minimum absolute atomic E-state index is 0.0989. The molecule has 3 aromatic rings. The summed E-state index contributed by atoms with van der Waals surface area (Å²) in [6.45, 7) is 1.81. The van der Waals surface area contributed by atoms with Gasteiger partial charge in [0.2, 0.25) is 5.82 Å². The first-order chi connectivity index (χ1) is 9.60. The van der Waals surface area contributed by atoms with E-state index in [1.165, 1.54) is 0 Å². The van der Waals surface area contributed by atoms with Crippen LogP contribution in [-0.2, 0) is 7.05 Å². The van der Waals surface area contributed by atoms with Gasteiger partial charge in [-0.05, 0) is 30.7 Å². The van der Waals surface area contributed by atoms with E-state index in [-0.39, 0.29) is 11.6 Å². The first-order valence-electron chi connectivity index (χ1n) is 5.99. The minimum atomic E-state index is 0.0989. The zero-order chi connectivity index (χ0) is 14.3. The number of nitrogens with zero attached hydrogens (tertiary/aromatic N) is 5. The molecule has 0 bridgehead atoms. The Morgan fingerprint density at radius 3 is 2.80 bits per heavy atom. The quantitative estimate of drug-likeness (QED) is 0.726. The molecule has 0 spiro atoms. The van der Waals surface area contributed by atoms with Crippen LogP contribution in [0.2, 0.25) is 0 Å². The number of phenolic OH excluding ortho intramolecular Hbond substituents is 1. The topological polar surface area (TPSA) is 87.6 Å². The lowest BCUT2D eigenvalue weighted by molar-refractivity contribution is 0.471. The Bertz CT molecular complexity index is 860. The van der Waals surface area contributed by atoms with Crippen LogP contribution in [0.1, 0.15) is 11.4 Å². The molecule has 6 nitrogen and oxygen atoms in total. The molecule has 6 heteroatoms. The van der Waals surface area contributed by atoms with Gasteiger partial charge in [-0.15, -0.1) is 0 Å². The lowest BCUT2D eigenvalue weighted by Gasteiger charge is -2.05. The van der Waals surface area contributed by atoms with Gasteiger partial charge in [0.25, 0.3) is 0 Å². The zero-order valence-electron chi connectivity index (χ0n) is 11.0. The highest BCUT2D eigenvalue weighted by molar-refractivity contribution is 5.87. The highest BCUT2D eigenvalue weighted by Crippen LogP contribution is 2.28. The Hall–Kier alpha value is -2.94. The lowest BCUT2D eigenvalue weighted by Crippen LogP contribution is -1.97. The van der Waals surface area contributed by atoms with Crippen molar-refractivity contribution in [3.05, 3.63) is 35.9 Å². The second-order valence-electron chi connectivity index (χ2n) is 4.54. The molecule has 0 saturated heterocycles. The number of imidazole rings is 1. The van der Waals surface area contributed by atoms with E-state index in [9.17, 15) is 5.11 Å². The van der Waals surface area contributed by atoms with Crippen LogP contribution in [0.4, 0.5) is 0 Å². The third-order valence-corrected chi connectivity index (χ3v) is 3.13. The molecule has 2 heterocycles. The molecule has 3 rings (SSSR count). The molecule has 0 amide bonds. The second-order valence-corrected chi connectivity index (χ2v) is 4.54. The average Bonchev–Trinajstić information content (AvgIpc) is 2.82. The van der Waals surface area contributed by atoms with E-state index in [1.807, 2.05) is 19.2 Å². The van der Waals surface area contributed by atoms with Crippen molar-refractivity contribution in [1.29, 1.82) is 5.26 Å². The normalized spacial score (nSPS) is 10.7. The monoisotopic (exact) mass is 265 g/mol. The fourth-order valence-corrected chi connectivity index (χ4v) is 2.06. The van der Waals surface area contributed by atoms with E-state index in [2.05, 4.69) is 15.0 Å². The summed E-state index contributed by atoms with van der Waals surface area (Å²) in [5.74, 6) is 0.322. The highest BCUT2D eigenvalue weighted by atomic mass is 16.3. The van der Waals surface area contributed by atoms with E-state index in [0.717, 1.165) is 11.1 Å². The fraction of sp³-hybridized carbons (Fsp3) is 0.143. The predicted molar refractivity (Wildman–Crippen MR) is 72.9 cm³/mol. The highest BCUT2D eigenvalue weighted by Gasteiger charge is 2.14. The summed E-state index contributed by atoms with van der Waals surface area (Å²) >= 11 is 0. The van der Waals surface area contributed by atoms with Gasteiger partial charge in [-0.3, -0.25) is 0 Å². The number of nitriles is 1. The van der Waals surface area contributed by atoms with E-state index < -0.39 is 0 Å². The van der Waals surface area contributed by atoms with Crippen LogP contribution in [0.5, 0.6) is 5.75 Å². The number of hydrogen-bond donors (Lipinski definition) is 1. The minimum Gasteiger partial charge on any atom is -0.508 e. The number of fused-ring (bicyclic) bond motifs is 1. The first-order valence-corrected chi connectivity index (χ1v) is 5.99. The first kappa shape index (κ1) is 12.1. The van der Waals surface area contributed by atoms with E-state index in [0.29, 0.717) is 16.9 Å². The maximum Gasteiger partial charge on any atom is 0.234 e. The summed E-state index contributed by atoms with van der Waals surface area (Å²) in [6.07, 6.45) is 1.64. The van der Waals surface area contributed by atoms with Crippen molar-refractivity contribution in [3.63, 3.8) is 0 Å². The Labute approximate surface area is 115 Å². The SMILES string of the molecule is Cc1cc(-c2nc(C#N)nc3c2ncn3C)ccc1O. The molecule has 0 aliphatic rings. The number of hydrogen-bond acceptors (Lipinski definition) is 5. The van der Waals surface area contributed by atoms with Crippen LogP contribution in [0.25, 0.3) is 22.4 Å². The van der Waals surface area contributed by atoms with Crippen LogP contribution in [-0.4, -0.2) is 24.6 Å². The van der Waals surface area contributed by atoms with Gasteiger partial charge in [0.15, 0.2) is 5.65 Å². The largest absolute Gasteiger partial charge is 0.508 e. The Kier molecular flexibility index (Phi) is 2.61. The number of aromatic nitrogens is 4. The van der Waals surface area contributed by atoms with Gasteiger partial charge in [-0.1, -0.05) is 0 Å². The molecule has 1 N–H and O–H groups in total. The molecule has 2 aromatic heterocycles. The molecule has 1 aromatic carbocycles. The summed E-state index contributed by atoms with van der Waals surface area (Å²) < 4.78 is 1.74. The molecule has 20 heavy (non-hydrogen) atoms. The van der Waals surface area contributed by atoms with Crippen LogP contribution >= 0.6 is 0 Å². The summed E-state index contributed by atoms with van der Waals surface area (Å²) in [5, 5.41) is 18.7. The molecule has 0 saturated carbocycles. The number of aromatic hydroxyl groups is 1. The third-order valence-electron chi connectivity index (χ3n) is 3.13. The molecule has 0 aliphatic heterocycles. The second kappa shape index (κ2) is 4.31. The smallest absolute Gasteiger partial charge is 0.234 e. The van der Waals surface area contributed by atoms with Crippen LogP contribution in [0.15, 0.2) is 24.5 Å². The standard InChI is InChI=1S/C14H11N5O/c1-8-5-9(3-4-10(8)20)12-13-14(19(2)7-16-13)18-11(6-15)17-12/h3-5,7,20H,1-2H3. The van der Waals surface area contributed by atoms with Gasteiger partial charge in [0.1, 0.15) is 23.0 Å². The van der Waals surface area contributed by atoms with E-state index in [4.69, 9.17) is 5.26 Å². The number of benzene rings is 1. The Morgan fingerprint density at radius 2 is 2.10 bits per heavy atom. The van der Waals surface area contributed by atoms with Gasteiger partial charge in [0, 0.05) is 12.6 Å². The molecule has 0 atom stereocenters. The molecule has 98 valence electrons. The van der Waals surface area contributed by atoms with Crippen LogP contribution in [0, 0.1) is 18.3 Å². The molecule has 0 radical (unpaired) electrons. The van der Waals surface area contributed by atoms with Crippen molar-refractivity contribution in [2.75, 3.05) is 0 Å². The lowest BCUT2D eigenvalue weighted by atomic mass is 10.1. The Morgan fingerprint density at radius 1 is 1.30 bits per heavy atom. The summed E-state index contributed by atoms with van der Waals surface area (Å²) in [7, 11) is 1.81. The molecular formula is C14H11N5O. The average molecular weight is 265 g/mol. The molecular weight excluding hydrogens is 254 g/mol. The summed E-state index contributed by atoms with van der Waals surface area (Å²) in [5.41, 5.74) is 3.37. The predicted octanol–water partition coefficient (Wildman–Crippen LogP) is 1.92.